The fourth-order valence-electron chi connectivity index (χ4n) is 2.24. The quantitative estimate of drug-likeness (QED) is 0.765. The van der Waals surface area contributed by atoms with E-state index in [4.69, 9.17) is 0 Å². The molecule has 2 aromatic carbocycles. The Labute approximate surface area is 149 Å². The molecule has 0 bridgehead atoms. The normalized spacial score (nSPS) is 12.7. The van der Waals surface area contributed by atoms with Gasteiger partial charge in [0.1, 0.15) is 5.82 Å². The van der Waals surface area contributed by atoms with E-state index in [0.29, 0.717) is 4.47 Å². The van der Waals surface area contributed by atoms with Crippen molar-refractivity contribution in [3.8, 4) is 0 Å². The van der Waals surface area contributed by atoms with Crippen molar-refractivity contribution >= 4 is 31.7 Å². The second-order valence-electron chi connectivity index (χ2n) is 5.56. The first-order valence-electron chi connectivity index (χ1n) is 7.13. The van der Waals surface area contributed by atoms with Crippen molar-refractivity contribution in [2.24, 2.45) is 0 Å². The molecule has 24 heavy (non-hydrogen) atoms. The zero-order chi connectivity index (χ0) is 18.1. The number of benzene rings is 2. The summed E-state index contributed by atoms with van der Waals surface area (Å²) >= 11 is 3.23. The van der Waals surface area contributed by atoms with Gasteiger partial charge in [0, 0.05) is 17.8 Å². The summed E-state index contributed by atoms with van der Waals surface area (Å²) in [5.41, 5.74) is 0.736. The van der Waals surface area contributed by atoms with Crippen LogP contribution in [0.1, 0.15) is 28.9 Å². The molecule has 128 valence electrons. The SMILES string of the molecule is CC(c1ccc(S(C)(=O)=O)cc1)N(C)C(=O)c1cc(Br)ccc1F. The fraction of sp³-hybridized carbons (Fsp3) is 0.235. The molecule has 0 radical (unpaired) electrons. The Kier molecular flexibility index (Phi) is 5.45. The number of halogens is 2. The van der Waals surface area contributed by atoms with E-state index in [1.165, 1.54) is 35.2 Å². The lowest BCUT2D eigenvalue weighted by molar-refractivity contribution is 0.0737. The molecule has 0 N–H and O–H groups in total. The number of carbonyl (C=O) groups is 1. The molecule has 7 heteroatoms. The van der Waals surface area contributed by atoms with E-state index in [9.17, 15) is 17.6 Å². The van der Waals surface area contributed by atoms with Crippen LogP contribution in [0.2, 0.25) is 0 Å². The number of hydrogen-bond acceptors (Lipinski definition) is 3. The predicted octanol–water partition coefficient (Wildman–Crippen LogP) is 3.82. The van der Waals surface area contributed by atoms with Crippen LogP contribution < -0.4 is 0 Å². The van der Waals surface area contributed by atoms with Crippen LogP contribution in [0.3, 0.4) is 0 Å². The number of carbonyl (C=O) groups excluding carboxylic acids is 1. The van der Waals surface area contributed by atoms with E-state index >= 15 is 0 Å². The van der Waals surface area contributed by atoms with E-state index < -0.39 is 21.6 Å². The van der Waals surface area contributed by atoms with Crippen LogP contribution >= 0.6 is 15.9 Å². The van der Waals surface area contributed by atoms with Crippen LogP contribution in [-0.4, -0.2) is 32.5 Å². The number of hydrogen-bond donors (Lipinski definition) is 0. The van der Waals surface area contributed by atoms with Gasteiger partial charge in [-0.1, -0.05) is 28.1 Å². The van der Waals surface area contributed by atoms with Crippen molar-refractivity contribution in [1.82, 2.24) is 4.90 Å². The fourth-order valence-corrected chi connectivity index (χ4v) is 3.24. The van der Waals surface area contributed by atoms with Crippen LogP contribution in [0, 0.1) is 5.82 Å². The predicted molar refractivity (Wildman–Crippen MR) is 94.2 cm³/mol. The second-order valence-corrected chi connectivity index (χ2v) is 8.49. The highest BCUT2D eigenvalue weighted by Gasteiger charge is 2.22. The molecule has 0 aliphatic heterocycles. The van der Waals surface area contributed by atoms with Crippen molar-refractivity contribution in [1.29, 1.82) is 0 Å². The van der Waals surface area contributed by atoms with Gasteiger partial charge in [0.15, 0.2) is 9.84 Å². The Morgan fingerprint density at radius 1 is 1.17 bits per heavy atom. The van der Waals surface area contributed by atoms with Crippen LogP contribution in [-0.2, 0) is 9.84 Å². The number of amides is 1. The second kappa shape index (κ2) is 7.03. The van der Waals surface area contributed by atoms with Gasteiger partial charge in [-0.2, -0.15) is 0 Å². The van der Waals surface area contributed by atoms with Gasteiger partial charge < -0.3 is 4.90 Å². The van der Waals surface area contributed by atoms with Crippen molar-refractivity contribution in [3.05, 3.63) is 63.9 Å². The number of rotatable bonds is 4. The standard InChI is InChI=1S/C17H17BrFNO3S/c1-11(12-4-7-14(8-5-12)24(3,22)23)20(2)17(21)15-10-13(18)6-9-16(15)19/h4-11H,1-3H3. The molecular formula is C17H17BrFNO3S. The van der Waals surface area contributed by atoms with E-state index in [0.717, 1.165) is 11.8 Å². The highest BCUT2D eigenvalue weighted by Crippen LogP contribution is 2.24. The zero-order valence-electron chi connectivity index (χ0n) is 13.5. The van der Waals surface area contributed by atoms with Crippen LogP contribution in [0.5, 0.6) is 0 Å². The average Bonchev–Trinajstić information content (AvgIpc) is 2.54. The van der Waals surface area contributed by atoms with Gasteiger partial charge in [-0.3, -0.25) is 4.79 Å². The van der Waals surface area contributed by atoms with Gasteiger partial charge in [0.05, 0.1) is 16.5 Å². The monoisotopic (exact) mass is 413 g/mol. The maximum atomic E-state index is 13.9. The number of sulfone groups is 1. The van der Waals surface area contributed by atoms with Crippen molar-refractivity contribution in [2.45, 2.75) is 17.9 Å². The maximum absolute atomic E-state index is 13.9. The lowest BCUT2D eigenvalue weighted by Crippen LogP contribution is -2.30. The van der Waals surface area contributed by atoms with Gasteiger partial charge in [0.2, 0.25) is 0 Å². The van der Waals surface area contributed by atoms with Crippen molar-refractivity contribution in [2.75, 3.05) is 13.3 Å². The smallest absolute Gasteiger partial charge is 0.257 e. The molecule has 0 aromatic heterocycles. The third kappa shape index (κ3) is 4.02. The first-order chi connectivity index (χ1) is 11.1. The van der Waals surface area contributed by atoms with Crippen LogP contribution in [0.25, 0.3) is 0 Å². The molecule has 0 saturated carbocycles. The molecule has 0 aliphatic carbocycles. The molecule has 2 aromatic rings. The third-order valence-corrected chi connectivity index (χ3v) is 5.47. The summed E-state index contributed by atoms with van der Waals surface area (Å²) in [6, 6.07) is 10.2. The summed E-state index contributed by atoms with van der Waals surface area (Å²) in [6.07, 6.45) is 1.14. The molecule has 1 amide bonds. The van der Waals surface area contributed by atoms with E-state index in [1.54, 1.807) is 26.1 Å². The topological polar surface area (TPSA) is 54.5 Å². The summed E-state index contributed by atoms with van der Waals surface area (Å²) in [6.45, 7) is 1.79. The minimum absolute atomic E-state index is 0.0218. The van der Waals surface area contributed by atoms with Gasteiger partial charge in [-0.15, -0.1) is 0 Å². The average molecular weight is 414 g/mol. The Morgan fingerprint density at radius 2 is 1.75 bits per heavy atom. The molecule has 1 unspecified atom stereocenters. The summed E-state index contributed by atoms with van der Waals surface area (Å²) in [5.74, 6) is -1.04. The molecule has 2 rings (SSSR count). The summed E-state index contributed by atoms with van der Waals surface area (Å²) < 4.78 is 37.5. The molecule has 4 nitrogen and oxygen atoms in total. The van der Waals surface area contributed by atoms with Crippen LogP contribution in [0.4, 0.5) is 4.39 Å². The van der Waals surface area contributed by atoms with Gasteiger partial charge >= 0.3 is 0 Å². The maximum Gasteiger partial charge on any atom is 0.257 e. The number of nitrogens with zero attached hydrogens (tertiary/aromatic N) is 1. The summed E-state index contributed by atoms with van der Waals surface area (Å²) in [5, 5.41) is 0. The molecule has 0 aliphatic rings. The molecule has 0 heterocycles. The lowest BCUT2D eigenvalue weighted by atomic mass is 10.1. The first-order valence-corrected chi connectivity index (χ1v) is 9.82. The van der Waals surface area contributed by atoms with E-state index in [-0.39, 0.29) is 16.5 Å². The van der Waals surface area contributed by atoms with E-state index in [2.05, 4.69) is 15.9 Å². The molecular weight excluding hydrogens is 397 g/mol. The minimum atomic E-state index is -3.27. The largest absolute Gasteiger partial charge is 0.335 e. The highest BCUT2D eigenvalue weighted by atomic mass is 79.9. The Balaban J connectivity index is 2.27. The third-order valence-electron chi connectivity index (χ3n) is 3.85. The Hall–Kier alpha value is -1.73. The first kappa shape index (κ1) is 18.6. The van der Waals surface area contributed by atoms with Crippen LogP contribution in [0.15, 0.2) is 51.8 Å². The Bertz CT molecular complexity index is 866. The lowest BCUT2D eigenvalue weighted by Gasteiger charge is -2.26. The summed E-state index contributed by atoms with van der Waals surface area (Å²) in [7, 11) is -1.69. The zero-order valence-corrected chi connectivity index (χ0v) is 15.9. The molecule has 0 saturated heterocycles. The Morgan fingerprint density at radius 3 is 2.29 bits per heavy atom. The van der Waals surface area contributed by atoms with Crippen molar-refractivity contribution in [3.63, 3.8) is 0 Å². The van der Waals surface area contributed by atoms with E-state index in [1.807, 2.05) is 0 Å². The highest BCUT2D eigenvalue weighted by molar-refractivity contribution is 9.10. The van der Waals surface area contributed by atoms with Gasteiger partial charge in [0.25, 0.3) is 5.91 Å². The minimum Gasteiger partial charge on any atom is -0.335 e. The van der Waals surface area contributed by atoms with Crippen molar-refractivity contribution < 1.29 is 17.6 Å². The molecule has 1 atom stereocenters. The molecule has 0 fully saturated rings. The van der Waals surface area contributed by atoms with Gasteiger partial charge in [-0.05, 0) is 42.8 Å². The van der Waals surface area contributed by atoms with Gasteiger partial charge in [-0.25, -0.2) is 12.8 Å². The molecule has 0 spiro atoms. The summed E-state index contributed by atoms with van der Waals surface area (Å²) in [4.78, 5) is 14.2.